The van der Waals surface area contributed by atoms with E-state index >= 15 is 0 Å². The first-order valence-corrected chi connectivity index (χ1v) is 7.04. The first kappa shape index (κ1) is 16.4. The van der Waals surface area contributed by atoms with E-state index in [4.69, 9.17) is 5.11 Å². The third kappa shape index (κ3) is 4.26. The summed E-state index contributed by atoms with van der Waals surface area (Å²) in [6.45, 7) is 1.64. The van der Waals surface area contributed by atoms with Gasteiger partial charge in [0.15, 0.2) is 0 Å². The number of carboxylic acids is 1. The highest BCUT2D eigenvalue weighted by molar-refractivity contribution is 6.02. The van der Waals surface area contributed by atoms with Crippen LogP contribution >= 0.6 is 0 Å². The normalized spacial score (nSPS) is 11.7. The highest BCUT2D eigenvalue weighted by atomic mass is 16.4. The minimum Gasteiger partial charge on any atom is -0.481 e. The van der Waals surface area contributed by atoms with E-state index in [2.05, 4.69) is 10.4 Å². The minimum atomic E-state index is -0.844. The van der Waals surface area contributed by atoms with Crippen molar-refractivity contribution in [3.8, 4) is 0 Å². The largest absolute Gasteiger partial charge is 0.481 e. The Balaban J connectivity index is 2.05. The molecule has 1 atom stereocenters. The van der Waals surface area contributed by atoms with Crippen LogP contribution in [0, 0.1) is 5.92 Å². The van der Waals surface area contributed by atoms with E-state index in [0.717, 1.165) is 10.2 Å². The molecule has 0 unspecified atom stereocenters. The smallest absolute Gasteiger partial charge is 0.306 e. The summed E-state index contributed by atoms with van der Waals surface area (Å²) in [5.41, 5.74) is 1.28. The number of nitrogens with one attached hydrogen (secondary N) is 1. The first-order chi connectivity index (χ1) is 10.9. The van der Waals surface area contributed by atoms with Gasteiger partial charge in [0, 0.05) is 18.8 Å². The molecular weight excluding hydrogens is 298 g/mol. The third-order valence-corrected chi connectivity index (χ3v) is 3.37. The second-order valence-electron chi connectivity index (χ2n) is 5.27. The lowest BCUT2D eigenvalue weighted by Gasteiger charge is -2.08. The number of amides is 1. The molecule has 0 bridgehead atoms. The van der Waals surface area contributed by atoms with Crippen LogP contribution in [-0.4, -0.2) is 26.8 Å². The van der Waals surface area contributed by atoms with E-state index in [1.165, 1.54) is 19.2 Å². The number of carbonyl (C=O) groups is 2. The molecule has 0 spiro atoms. The quantitative estimate of drug-likeness (QED) is 0.866. The number of aliphatic carboxylic acids is 1. The number of aryl methyl sites for hydroxylation is 1. The third-order valence-electron chi connectivity index (χ3n) is 3.37. The molecule has 0 radical (unpaired) electrons. The molecule has 0 saturated heterocycles. The molecule has 1 amide bonds. The van der Waals surface area contributed by atoms with Gasteiger partial charge in [0.2, 0.25) is 0 Å². The number of rotatable bonds is 5. The standard InChI is InChI=1S/C16H17N3O4/c1-10(16(22)23)9-11-3-5-12(6-4-11)17-15(21)13-7-8-14(20)19(2)18-13/h3-8,10H,9H2,1-2H3,(H,17,21)(H,22,23)/t10-/m0/s1. The first-order valence-electron chi connectivity index (χ1n) is 7.04. The predicted octanol–water partition coefficient (Wildman–Crippen LogP) is 1.30. The molecule has 0 saturated carbocycles. The van der Waals surface area contributed by atoms with Crippen LogP contribution in [0.2, 0.25) is 0 Å². The minimum absolute atomic E-state index is 0.135. The van der Waals surface area contributed by atoms with Crippen LogP contribution in [0.3, 0.4) is 0 Å². The maximum atomic E-state index is 12.1. The summed E-state index contributed by atoms with van der Waals surface area (Å²) in [7, 11) is 1.47. The van der Waals surface area contributed by atoms with Crippen LogP contribution in [0.25, 0.3) is 0 Å². The van der Waals surface area contributed by atoms with Gasteiger partial charge in [-0.15, -0.1) is 0 Å². The number of aromatic nitrogens is 2. The van der Waals surface area contributed by atoms with Crippen molar-refractivity contribution in [1.82, 2.24) is 9.78 Å². The summed E-state index contributed by atoms with van der Waals surface area (Å²) in [5, 5.41) is 15.4. The van der Waals surface area contributed by atoms with E-state index in [-0.39, 0.29) is 11.3 Å². The SMILES string of the molecule is C[C@@H](Cc1ccc(NC(=O)c2ccc(=O)n(C)n2)cc1)C(=O)O. The maximum absolute atomic E-state index is 12.1. The molecule has 2 aromatic rings. The van der Waals surface area contributed by atoms with Crippen LogP contribution in [0.4, 0.5) is 5.69 Å². The topological polar surface area (TPSA) is 101 Å². The Bertz CT molecular complexity index is 781. The van der Waals surface area contributed by atoms with Gasteiger partial charge in [-0.3, -0.25) is 14.4 Å². The van der Waals surface area contributed by atoms with Gasteiger partial charge in [-0.25, -0.2) is 4.68 Å². The van der Waals surface area contributed by atoms with Gasteiger partial charge < -0.3 is 10.4 Å². The fraction of sp³-hybridized carbons (Fsp3) is 0.250. The predicted molar refractivity (Wildman–Crippen MR) is 84.4 cm³/mol. The van der Waals surface area contributed by atoms with E-state index in [9.17, 15) is 14.4 Å². The molecule has 2 rings (SSSR count). The van der Waals surface area contributed by atoms with Gasteiger partial charge >= 0.3 is 5.97 Å². The maximum Gasteiger partial charge on any atom is 0.306 e. The van der Waals surface area contributed by atoms with Gasteiger partial charge in [0.25, 0.3) is 11.5 Å². The average Bonchev–Trinajstić information content (AvgIpc) is 2.51. The molecular formula is C16H17N3O4. The Labute approximate surface area is 132 Å². The highest BCUT2D eigenvalue weighted by Crippen LogP contribution is 2.14. The average molecular weight is 315 g/mol. The molecule has 7 nitrogen and oxygen atoms in total. The fourth-order valence-corrected chi connectivity index (χ4v) is 1.98. The number of carbonyl (C=O) groups excluding carboxylic acids is 1. The molecule has 1 aromatic carbocycles. The van der Waals surface area contributed by atoms with Crippen LogP contribution in [0.5, 0.6) is 0 Å². The Kier molecular flexibility index (Phi) is 4.90. The molecule has 0 aliphatic rings. The van der Waals surface area contributed by atoms with E-state index in [0.29, 0.717) is 12.1 Å². The van der Waals surface area contributed by atoms with Gasteiger partial charge in [-0.05, 0) is 30.2 Å². The zero-order valence-electron chi connectivity index (χ0n) is 12.8. The summed E-state index contributed by atoms with van der Waals surface area (Å²) in [4.78, 5) is 34.2. The number of hydrogen-bond donors (Lipinski definition) is 2. The Hall–Kier alpha value is -2.96. The van der Waals surface area contributed by atoms with Gasteiger partial charge in [0.1, 0.15) is 5.69 Å². The second-order valence-corrected chi connectivity index (χ2v) is 5.27. The van der Waals surface area contributed by atoms with Crippen LogP contribution in [0.1, 0.15) is 23.0 Å². The molecule has 2 N–H and O–H groups in total. The lowest BCUT2D eigenvalue weighted by atomic mass is 10.0. The summed E-state index contributed by atoms with van der Waals surface area (Å²) in [6, 6.07) is 9.57. The van der Waals surface area contributed by atoms with E-state index in [1.807, 2.05) is 0 Å². The highest BCUT2D eigenvalue weighted by Gasteiger charge is 2.12. The van der Waals surface area contributed by atoms with E-state index < -0.39 is 17.8 Å². The number of nitrogens with zero attached hydrogens (tertiary/aromatic N) is 2. The Morgan fingerprint density at radius 3 is 2.43 bits per heavy atom. The zero-order valence-corrected chi connectivity index (χ0v) is 12.8. The van der Waals surface area contributed by atoms with Crippen molar-refractivity contribution in [2.24, 2.45) is 13.0 Å². The van der Waals surface area contributed by atoms with Crippen molar-refractivity contribution < 1.29 is 14.7 Å². The van der Waals surface area contributed by atoms with Gasteiger partial charge in [0.05, 0.1) is 5.92 Å². The molecule has 1 heterocycles. The molecule has 120 valence electrons. The molecule has 0 fully saturated rings. The Morgan fingerprint density at radius 2 is 1.87 bits per heavy atom. The van der Waals surface area contributed by atoms with Crippen molar-refractivity contribution in [2.45, 2.75) is 13.3 Å². The molecule has 23 heavy (non-hydrogen) atoms. The van der Waals surface area contributed by atoms with Crippen molar-refractivity contribution in [3.05, 3.63) is 58.0 Å². The van der Waals surface area contributed by atoms with Gasteiger partial charge in [-0.2, -0.15) is 5.10 Å². The molecule has 0 aliphatic heterocycles. The molecule has 1 aromatic heterocycles. The fourth-order valence-electron chi connectivity index (χ4n) is 1.98. The van der Waals surface area contributed by atoms with Crippen molar-refractivity contribution >= 4 is 17.6 Å². The van der Waals surface area contributed by atoms with Crippen molar-refractivity contribution in [2.75, 3.05) is 5.32 Å². The summed E-state index contributed by atoms with van der Waals surface area (Å²) >= 11 is 0. The van der Waals surface area contributed by atoms with E-state index in [1.54, 1.807) is 31.2 Å². The van der Waals surface area contributed by atoms with Crippen LogP contribution < -0.4 is 10.9 Å². The van der Waals surface area contributed by atoms with Crippen LogP contribution in [-0.2, 0) is 18.3 Å². The summed E-state index contributed by atoms with van der Waals surface area (Å²) < 4.78 is 1.09. The second kappa shape index (κ2) is 6.87. The monoisotopic (exact) mass is 315 g/mol. The van der Waals surface area contributed by atoms with Crippen molar-refractivity contribution in [3.63, 3.8) is 0 Å². The summed E-state index contributed by atoms with van der Waals surface area (Å²) in [6.07, 6.45) is 0.423. The number of carboxylic acid groups (broad SMARTS) is 1. The zero-order chi connectivity index (χ0) is 17.0. The number of anilines is 1. The van der Waals surface area contributed by atoms with Gasteiger partial charge in [-0.1, -0.05) is 19.1 Å². The lowest BCUT2D eigenvalue weighted by molar-refractivity contribution is -0.141. The van der Waals surface area contributed by atoms with Crippen molar-refractivity contribution in [1.29, 1.82) is 0 Å². The number of benzene rings is 1. The summed E-state index contributed by atoms with van der Waals surface area (Å²) in [5.74, 6) is -1.74. The number of hydrogen-bond acceptors (Lipinski definition) is 4. The Morgan fingerprint density at radius 1 is 1.22 bits per heavy atom. The lowest BCUT2D eigenvalue weighted by Crippen LogP contribution is -2.23. The molecule has 7 heteroatoms. The van der Waals surface area contributed by atoms with Crippen LogP contribution in [0.15, 0.2) is 41.2 Å². The molecule has 0 aliphatic carbocycles.